The smallest absolute Gasteiger partial charge is 0.348 e. The molecule has 3 N–H and O–H groups in total. The third kappa shape index (κ3) is 3.35. The zero-order valence-electron chi connectivity index (χ0n) is 18.3. The molecule has 10 heteroatoms. The van der Waals surface area contributed by atoms with Crippen LogP contribution in [0.1, 0.15) is 25.3 Å². The van der Waals surface area contributed by atoms with Crippen molar-refractivity contribution >= 4 is 34.2 Å². The molecule has 3 aromatic heterocycles. The van der Waals surface area contributed by atoms with Gasteiger partial charge in [-0.25, -0.2) is 23.2 Å². The minimum absolute atomic E-state index is 0. The van der Waals surface area contributed by atoms with Gasteiger partial charge in [-0.05, 0) is 55.7 Å². The Morgan fingerprint density at radius 1 is 1.03 bits per heavy atom. The van der Waals surface area contributed by atoms with Crippen LogP contribution in [0.5, 0.6) is 0 Å². The van der Waals surface area contributed by atoms with Gasteiger partial charge in [0.05, 0.1) is 11.2 Å². The predicted molar refractivity (Wildman–Crippen MR) is 130 cm³/mol. The van der Waals surface area contributed by atoms with Crippen molar-refractivity contribution in [3.63, 3.8) is 0 Å². The Labute approximate surface area is 199 Å². The molecular weight excluding hydrogens is 462 g/mol. The molecule has 7 nitrogen and oxygen atoms in total. The first-order valence-corrected chi connectivity index (χ1v) is 10.9. The fraction of sp³-hybridized carbons (Fsp3) is 0.250. The molecule has 0 saturated heterocycles. The fourth-order valence-corrected chi connectivity index (χ4v) is 5.18. The number of fused-ring (bicyclic) bond motifs is 2. The monoisotopic (exact) mass is 484 g/mol. The Balaban J connectivity index is 0.00000241. The van der Waals surface area contributed by atoms with Gasteiger partial charge in [-0.3, -0.25) is 0 Å². The molecule has 1 fully saturated rings. The minimum Gasteiger partial charge on any atom is -0.350 e. The lowest BCUT2D eigenvalue weighted by Gasteiger charge is -2.13. The van der Waals surface area contributed by atoms with E-state index in [1.54, 1.807) is 12.1 Å². The first kappa shape index (κ1) is 22.4. The van der Waals surface area contributed by atoms with Crippen LogP contribution >= 0.6 is 12.4 Å². The van der Waals surface area contributed by atoms with E-state index in [0.29, 0.717) is 27.8 Å². The van der Waals surface area contributed by atoms with Crippen LogP contribution in [0.3, 0.4) is 0 Å². The number of hydrogen-bond donors (Lipinski definition) is 2. The van der Waals surface area contributed by atoms with Gasteiger partial charge in [0.2, 0.25) is 0 Å². The number of aryl methyl sites for hydroxylation is 1. The summed E-state index contributed by atoms with van der Waals surface area (Å²) >= 11 is 0. The third-order valence-electron chi connectivity index (χ3n) is 6.72. The van der Waals surface area contributed by atoms with Crippen molar-refractivity contribution in [1.82, 2.24) is 23.9 Å². The van der Waals surface area contributed by atoms with E-state index >= 15 is 0 Å². The Bertz CT molecular complexity index is 1600. The van der Waals surface area contributed by atoms with Crippen molar-refractivity contribution in [1.29, 1.82) is 0 Å². The highest BCUT2D eigenvalue weighted by Gasteiger charge is 2.27. The second-order valence-electron chi connectivity index (χ2n) is 8.81. The average Bonchev–Trinajstić information content (AvgIpc) is 3.53. The van der Waals surface area contributed by atoms with E-state index in [1.807, 2.05) is 24.0 Å². The predicted octanol–water partition coefficient (Wildman–Crippen LogP) is 4.43. The van der Waals surface area contributed by atoms with E-state index in [-0.39, 0.29) is 30.3 Å². The number of aromatic amines is 1. The molecule has 0 bridgehead atoms. The van der Waals surface area contributed by atoms with Crippen LogP contribution in [0.4, 0.5) is 8.78 Å². The van der Waals surface area contributed by atoms with Crippen LogP contribution in [-0.4, -0.2) is 29.9 Å². The van der Waals surface area contributed by atoms with Crippen LogP contribution in [0.25, 0.3) is 38.9 Å². The lowest BCUT2D eigenvalue weighted by atomic mass is 10.1. The highest BCUT2D eigenvalue weighted by Crippen LogP contribution is 2.37. The van der Waals surface area contributed by atoms with Crippen molar-refractivity contribution in [3.8, 4) is 17.1 Å². The Kier molecular flexibility index (Phi) is 5.33. The van der Waals surface area contributed by atoms with E-state index in [4.69, 9.17) is 5.73 Å². The van der Waals surface area contributed by atoms with Gasteiger partial charge >= 0.3 is 5.69 Å². The summed E-state index contributed by atoms with van der Waals surface area (Å²) in [6, 6.07) is 9.38. The van der Waals surface area contributed by atoms with Crippen LogP contribution < -0.4 is 11.4 Å². The molecule has 2 aromatic carbocycles. The van der Waals surface area contributed by atoms with E-state index in [1.165, 1.54) is 28.8 Å². The SMILES string of the molecule is Cl.Cn1cc(-c2n[nH]c(=O)n2-c2cn([C@H]3CC[C@H](N)C3)c3ccc(F)cc23)c2cc(F)ccc21. The molecule has 0 radical (unpaired) electrons. The van der Waals surface area contributed by atoms with Gasteiger partial charge in [0.25, 0.3) is 0 Å². The number of H-pyrrole nitrogens is 1. The minimum atomic E-state index is -0.454. The Hall–Kier alpha value is -3.43. The summed E-state index contributed by atoms with van der Waals surface area (Å²) in [6.07, 6.45) is 6.33. The largest absolute Gasteiger partial charge is 0.350 e. The zero-order valence-corrected chi connectivity index (χ0v) is 19.1. The molecule has 176 valence electrons. The first-order chi connectivity index (χ1) is 15.9. The average molecular weight is 485 g/mol. The Morgan fingerprint density at radius 3 is 2.44 bits per heavy atom. The zero-order chi connectivity index (χ0) is 22.9. The van der Waals surface area contributed by atoms with Gasteiger partial charge in [0.15, 0.2) is 5.82 Å². The van der Waals surface area contributed by atoms with Crippen molar-refractivity contribution in [2.75, 3.05) is 0 Å². The van der Waals surface area contributed by atoms with Crippen LogP contribution in [-0.2, 0) is 7.05 Å². The number of aromatic nitrogens is 5. The van der Waals surface area contributed by atoms with E-state index in [2.05, 4.69) is 14.8 Å². The highest BCUT2D eigenvalue weighted by molar-refractivity contribution is 5.96. The molecule has 1 aliphatic carbocycles. The molecule has 0 amide bonds. The summed E-state index contributed by atoms with van der Waals surface area (Å²) in [5, 5.41) is 8.03. The van der Waals surface area contributed by atoms with E-state index in [0.717, 1.165) is 30.3 Å². The maximum atomic E-state index is 14.3. The van der Waals surface area contributed by atoms with Gasteiger partial charge in [-0.15, -0.1) is 12.4 Å². The molecule has 6 rings (SSSR count). The summed E-state index contributed by atoms with van der Waals surface area (Å²) in [7, 11) is 1.85. The third-order valence-corrected chi connectivity index (χ3v) is 6.72. The maximum absolute atomic E-state index is 14.3. The topological polar surface area (TPSA) is 86.6 Å². The van der Waals surface area contributed by atoms with Gasteiger partial charge in [-0.1, -0.05) is 0 Å². The molecule has 1 aliphatic rings. The van der Waals surface area contributed by atoms with Crippen LogP contribution in [0.15, 0.2) is 53.6 Å². The van der Waals surface area contributed by atoms with Gasteiger partial charge < -0.3 is 14.9 Å². The summed E-state index contributed by atoms with van der Waals surface area (Å²) in [5.41, 5.74) is 8.45. The quantitative estimate of drug-likeness (QED) is 0.397. The van der Waals surface area contributed by atoms with Gasteiger partial charge in [-0.2, -0.15) is 5.10 Å². The van der Waals surface area contributed by atoms with E-state index < -0.39 is 11.5 Å². The lowest BCUT2D eigenvalue weighted by molar-refractivity contribution is 0.525. The molecule has 34 heavy (non-hydrogen) atoms. The second-order valence-corrected chi connectivity index (χ2v) is 8.81. The molecule has 3 heterocycles. The number of benzene rings is 2. The molecule has 5 aromatic rings. The second kappa shape index (κ2) is 8.11. The fourth-order valence-electron chi connectivity index (χ4n) is 5.18. The molecule has 0 aliphatic heterocycles. The van der Waals surface area contributed by atoms with Crippen molar-refractivity contribution in [3.05, 3.63) is 70.9 Å². The van der Waals surface area contributed by atoms with Crippen molar-refractivity contribution in [2.24, 2.45) is 12.8 Å². The normalized spacial score (nSPS) is 18.1. The highest BCUT2D eigenvalue weighted by atomic mass is 35.5. The first-order valence-electron chi connectivity index (χ1n) is 10.9. The summed E-state index contributed by atoms with van der Waals surface area (Å²) < 4.78 is 33.8. The molecule has 0 unspecified atom stereocenters. The molecular formula is C24H23ClF2N6O. The van der Waals surface area contributed by atoms with Gasteiger partial charge in [0, 0.05) is 53.4 Å². The summed E-state index contributed by atoms with van der Waals surface area (Å²) in [5.74, 6) is -0.437. The lowest BCUT2D eigenvalue weighted by Crippen LogP contribution is -2.16. The number of rotatable bonds is 3. The van der Waals surface area contributed by atoms with Gasteiger partial charge in [0.1, 0.15) is 11.6 Å². The maximum Gasteiger partial charge on any atom is 0.348 e. The summed E-state index contributed by atoms with van der Waals surface area (Å²) in [4.78, 5) is 13.0. The number of nitrogens with zero attached hydrogens (tertiary/aromatic N) is 4. The van der Waals surface area contributed by atoms with E-state index in [9.17, 15) is 13.6 Å². The number of nitrogens with one attached hydrogen (secondary N) is 1. The number of halogens is 3. The van der Waals surface area contributed by atoms with Crippen LogP contribution in [0, 0.1) is 11.6 Å². The summed E-state index contributed by atoms with van der Waals surface area (Å²) in [6.45, 7) is 0. The molecule has 1 saturated carbocycles. The standard InChI is InChI=1S/C24H22F2N6O.ClH/c1-30-11-19(17-8-13(25)2-6-20(17)30)23-28-29-24(33)32(23)22-12-31(16-5-4-15(27)10-16)21-7-3-14(26)9-18(21)22;/h2-3,6-9,11-12,15-16H,4-5,10,27H2,1H3,(H,29,33);1H/t15-,16-;/m0./s1. The van der Waals surface area contributed by atoms with Crippen molar-refractivity contribution < 1.29 is 8.78 Å². The van der Waals surface area contributed by atoms with Crippen molar-refractivity contribution in [2.45, 2.75) is 31.3 Å². The Morgan fingerprint density at radius 2 is 1.74 bits per heavy atom. The molecule has 2 atom stereocenters. The van der Waals surface area contributed by atoms with Crippen LogP contribution in [0.2, 0.25) is 0 Å². The number of hydrogen-bond acceptors (Lipinski definition) is 3. The number of nitrogens with two attached hydrogens (primary N) is 1. The molecule has 0 spiro atoms.